The molecular weight excluding hydrogens is 366 g/mol. The number of nitrogens with one attached hydrogen (secondary N) is 1. The quantitative estimate of drug-likeness (QED) is 0.727. The van der Waals surface area contributed by atoms with Crippen molar-refractivity contribution in [3.63, 3.8) is 0 Å². The van der Waals surface area contributed by atoms with Crippen LogP contribution >= 0.6 is 0 Å². The Kier molecular flexibility index (Phi) is 7.78. The second-order valence-corrected chi connectivity index (χ2v) is 8.19. The van der Waals surface area contributed by atoms with Crippen LogP contribution in [0, 0.1) is 5.92 Å². The van der Waals surface area contributed by atoms with Crippen LogP contribution in [0.1, 0.15) is 52.4 Å². The van der Waals surface area contributed by atoms with Crippen LogP contribution in [0.25, 0.3) is 0 Å². The number of amides is 2. The number of hydrogen-bond acceptors (Lipinski definition) is 4. The topological polar surface area (TPSA) is 61.9 Å². The standard InChI is InChI=1S/C23H35N3O3/c1-3-29-21-11-7-6-10-20(21)25-14-16-26(17-15-25)23(28)18(2)24-22(27)13-12-19-8-4-5-9-19/h6-7,10-11,18-19H,3-5,8-9,12-17H2,1-2H3,(H,24,27). The Labute approximate surface area is 174 Å². The van der Waals surface area contributed by atoms with Crippen molar-refractivity contribution in [2.24, 2.45) is 5.92 Å². The van der Waals surface area contributed by atoms with Gasteiger partial charge >= 0.3 is 0 Å². The lowest BCUT2D eigenvalue weighted by molar-refractivity contribution is -0.136. The number of piperazine rings is 1. The lowest BCUT2D eigenvalue weighted by Crippen LogP contribution is -2.54. The minimum absolute atomic E-state index is 0.00188. The van der Waals surface area contributed by atoms with E-state index in [4.69, 9.17) is 4.74 Å². The van der Waals surface area contributed by atoms with Gasteiger partial charge in [-0.05, 0) is 38.3 Å². The third-order valence-corrected chi connectivity index (χ3v) is 6.10. The van der Waals surface area contributed by atoms with Crippen molar-refractivity contribution >= 4 is 17.5 Å². The summed E-state index contributed by atoms with van der Waals surface area (Å²) in [7, 11) is 0. The van der Waals surface area contributed by atoms with Crippen LogP contribution < -0.4 is 15.0 Å². The highest BCUT2D eigenvalue weighted by molar-refractivity contribution is 5.87. The predicted molar refractivity (Wildman–Crippen MR) is 115 cm³/mol. The maximum atomic E-state index is 12.8. The number of carbonyl (C=O) groups is 2. The average molecular weight is 402 g/mol. The first-order chi connectivity index (χ1) is 14.1. The molecule has 0 aromatic heterocycles. The number of carbonyl (C=O) groups excluding carboxylic acids is 2. The molecule has 160 valence electrons. The number of rotatable bonds is 8. The van der Waals surface area contributed by atoms with E-state index in [9.17, 15) is 9.59 Å². The van der Waals surface area contributed by atoms with E-state index in [-0.39, 0.29) is 11.8 Å². The Morgan fingerprint density at radius 2 is 1.83 bits per heavy atom. The summed E-state index contributed by atoms with van der Waals surface area (Å²) in [5, 5.41) is 2.91. The summed E-state index contributed by atoms with van der Waals surface area (Å²) < 4.78 is 5.74. The van der Waals surface area contributed by atoms with Crippen molar-refractivity contribution in [3.05, 3.63) is 24.3 Å². The highest BCUT2D eigenvalue weighted by Crippen LogP contribution is 2.29. The maximum absolute atomic E-state index is 12.8. The van der Waals surface area contributed by atoms with E-state index in [1.807, 2.05) is 30.0 Å². The van der Waals surface area contributed by atoms with Gasteiger partial charge in [0.2, 0.25) is 11.8 Å². The fraction of sp³-hybridized carbons (Fsp3) is 0.652. The molecule has 3 rings (SSSR count). The summed E-state index contributed by atoms with van der Waals surface area (Å²) in [5.41, 5.74) is 1.08. The van der Waals surface area contributed by atoms with Crippen molar-refractivity contribution in [1.82, 2.24) is 10.2 Å². The van der Waals surface area contributed by atoms with E-state index in [1.165, 1.54) is 25.7 Å². The number of hydrogen-bond donors (Lipinski definition) is 1. The van der Waals surface area contributed by atoms with Gasteiger partial charge in [-0.25, -0.2) is 0 Å². The number of nitrogens with zero attached hydrogens (tertiary/aromatic N) is 2. The molecule has 0 bridgehead atoms. The third kappa shape index (κ3) is 5.87. The van der Waals surface area contributed by atoms with E-state index in [0.717, 1.165) is 30.9 Å². The first kappa shape index (κ1) is 21.5. The average Bonchev–Trinajstić information content (AvgIpc) is 3.26. The molecule has 2 amide bonds. The molecular formula is C23H35N3O3. The monoisotopic (exact) mass is 401 g/mol. The maximum Gasteiger partial charge on any atom is 0.244 e. The van der Waals surface area contributed by atoms with Gasteiger partial charge in [0.25, 0.3) is 0 Å². The summed E-state index contributed by atoms with van der Waals surface area (Å²) >= 11 is 0. The van der Waals surface area contributed by atoms with Gasteiger partial charge in [0.15, 0.2) is 0 Å². The van der Waals surface area contributed by atoms with Crippen LogP contribution in [0.4, 0.5) is 5.69 Å². The van der Waals surface area contributed by atoms with Crippen molar-refractivity contribution in [2.45, 2.75) is 58.4 Å². The summed E-state index contributed by atoms with van der Waals surface area (Å²) in [4.78, 5) is 29.1. The molecule has 2 fully saturated rings. The Morgan fingerprint density at radius 1 is 1.14 bits per heavy atom. The van der Waals surface area contributed by atoms with Crippen LogP contribution in [-0.2, 0) is 9.59 Å². The number of para-hydroxylation sites is 2. The Hall–Kier alpha value is -2.24. The van der Waals surface area contributed by atoms with Crippen molar-refractivity contribution in [3.8, 4) is 5.75 Å². The smallest absolute Gasteiger partial charge is 0.244 e. The van der Waals surface area contributed by atoms with Crippen molar-refractivity contribution < 1.29 is 14.3 Å². The van der Waals surface area contributed by atoms with Gasteiger partial charge in [-0.1, -0.05) is 37.8 Å². The van der Waals surface area contributed by atoms with Gasteiger partial charge in [0, 0.05) is 32.6 Å². The van der Waals surface area contributed by atoms with Crippen LogP contribution in [0.2, 0.25) is 0 Å². The molecule has 1 N–H and O–H groups in total. The molecule has 1 atom stereocenters. The molecule has 1 saturated heterocycles. The lowest BCUT2D eigenvalue weighted by atomic mass is 10.0. The zero-order valence-corrected chi connectivity index (χ0v) is 17.9. The van der Waals surface area contributed by atoms with E-state index in [2.05, 4.69) is 16.3 Å². The number of anilines is 1. The van der Waals surface area contributed by atoms with Gasteiger partial charge in [0.05, 0.1) is 12.3 Å². The normalized spacial score (nSPS) is 18.6. The van der Waals surface area contributed by atoms with Crippen molar-refractivity contribution in [1.29, 1.82) is 0 Å². The molecule has 0 spiro atoms. The molecule has 1 saturated carbocycles. The minimum atomic E-state index is -0.465. The van der Waals surface area contributed by atoms with Gasteiger partial charge in [-0.15, -0.1) is 0 Å². The summed E-state index contributed by atoms with van der Waals surface area (Å²) in [6, 6.07) is 7.58. The molecule has 1 aliphatic carbocycles. The molecule has 1 aromatic rings. The highest BCUT2D eigenvalue weighted by Gasteiger charge is 2.27. The number of ether oxygens (including phenoxy) is 1. The largest absolute Gasteiger partial charge is 0.492 e. The first-order valence-electron chi connectivity index (χ1n) is 11.1. The first-order valence-corrected chi connectivity index (χ1v) is 11.1. The second kappa shape index (κ2) is 10.5. The summed E-state index contributed by atoms with van der Waals surface area (Å²) in [5.74, 6) is 1.59. The Bertz CT molecular complexity index is 680. The number of benzene rings is 1. The lowest BCUT2D eigenvalue weighted by Gasteiger charge is -2.37. The summed E-state index contributed by atoms with van der Waals surface area (Å²) in [6.45, 7) is 7.25. The molecule has 1 heterocycles. The van der Waals surface area contributed by atoms with Crippen LogP contribution in [-0.4, -0.2) is 55.5 Å². The fourth-order valence-corrected chi connectivity index (χ4v) is 4.45. The van der Waals surface area contributed by atoms with Gasteiger partial charge in [-0.2, -0.15) is 0 Å². The van der Waals surface area contributed by atoms with Crippen LogP contribution in [0.3, 0.4) is 0 Å². The van der Waals surface area contributed by atoms with E-state index in [1.54, 1.807) is 6.92 Å². The minimum Gasteiger partial charge on any atom is -0.492 e. The third-order valence-electron chi connectivity index (χ3n) is 6.10. The summed E-state index contributed by atoms with van der Waals surface area (Å²) in [6.07, 6.45) is 6.57. The van der Waals surface area contributed by atoms with E-state index < -0.39 is 6.04 Å². The van der Waals surface area contributed by atoms with Crippen molar-refractivity contribution in [2.75, 3.05) is 37.7 Å². The van der Waals surface area contributed by atoms with E-state index >= 15 is 0 Å². The SMILES string of the molecule is CCOc1ccccc1N1CCN(C(=O)C(C)NC(=O)CCC2CCCC2)CC1. The van der Waals surface area contributed by atoms with E-state index in [0.29, 0.717) is 32.0 Å². The molecule has 6 heteroatoms. The molecule has 2 aliphatic rings. The zero-order chi connectivity index (χ0) is 20.6. The molecule has 1 unspecified atom stereocenters. The predicted octanol–water partition coefficient (Wildman–Crippen LogP) is 3.21. The molecule has 1 aromatic carbocycles. The highest BCUT2D eigenvalue weighted by atomic mass is 16.5. The fourth-order valence-electron chi connectivity index (χ4n) is 4.45. The van der Waals surface area contributed by atoms with Crippen LogP contribution in [0.15, 0.2) is 24.3 Å². The molecule has 0 radical (unpaired) electrons. The Morgan fingerprint density at radius 3 is 2.52 bits per heavy atom. The molecule has 1 aliphatic heterocycles. The molecule has 6 nitrogen and oxygen atoms in total. The Balaban J connectivity index is 1.45. The van der Waals surface area contributed by atoms with Crippen LogP contribution in [0.5, 0.6) is 5.75 Å². The van der Waals surface area contributed by atoms with Gasteiger partial charge in [-0.3, -0.25) is 9.59 Å². The molecule has 29 heavy (non-hydrogen) atoms. The van der Waals surface area contributed by atoms with Gasteiger partial charge in [0.1, 0.15) is 11.8 Å². The second-order valence-electron chi connectivity index (χ2n) is 8.19. The van der Waals surface area contributed by atoms with Gasteiger partial charge < -0.3 is 19.9 Å². The zero-order valence-electron chi connectivity index (χ0n) is 17.9.